The Bertz CT molecular complexity index is 893. The summed E-state index contributed by atoms with van der Waals surface area (Å²) >= 11 is 0. The van der Waals surface area contributed by atoms with Crippen LogP contribution in [0.4, 0.5) is 5.69 Å². The minimum atomic E-state index is -1.04. The van der Waals surface area contributed by atoms with Crippen LogP contribution in [0, 0.1) is 18.3 Å². The van der Waals surface area contributed by atoms with Gasteiger partial charge in [-0.2, -0.15) is 5.26 Å². The van der Waals surface area contributed by atoms with Gasteiger partial charge in [-0.25, -0.2) is 4.79 Å². The monoisotopic (exact) mass is 349 g/mol. The zero-order chi connectivity index (χ0) is 18.7. The number of aryl methyl sites for hydroxylation is 1. The number of piperazine rings is 1. The van der Waals surface area contributed by atoms with E-state index in [0.29, 0.717) is 37.3 Å². The van der Waals surface area contributed by atoms with Gasteiger partial charge < -0.3 is 14.9 Å². The second-order valence-corrected chi connectivity index (χ2v) is 6.24. The van der Waals surface area contributed by atoms with E-state index in [1.165, 1.54) is 12.1 Å². The van der Waals surface area contributed by atoms with E-state index in [4.69, 9.17) is 5.11 Å². The lowest BCUT2D eigenvalue weighted by molar-refractivity contribution is 0.0697. The summed E-state index contributed by atoms with van der Waals surface area (Å²) in [5.41, 5.74) is 2.80. The molecule has 1 heterocycles. The first-order valence-electron chi connectivity index (χ1n) is 8.38. The molecule has 6 heteroatoms. The highest BCUT2D eigenvalue weighted by Crippen LogP contribution is 2.22. The van der Waals surface area contributed by atoms with Gasteiger partial charge in [-0.05, 0) is 36.8 Å². The van der Waals surface area contributed by atoms with Gasteiger partial charge in [-0.3, -0.25) is 4.79 Å². The van der Waals surface area contributed by atoms with Crippen molar-refractivity contribution in [3.05, 3.63) is 64.7 Å². The second-order valence-electron chi connectivity index (χ2n) is 6.24. The van der Waals surface area contributed by atoms with Crippen LogP contribution in [0.25, 0.3) is 0 Å². The van der Waals surface area contributed by atoms with Crippen molar-refractivity contribution < 1.29 is 14.7 Å². The summed E-state index contributed by atoms with van der Waals surface area (Å²) in [6.45, 7) is 4.10. The third-order valence-corrected chi connectivity index (χ3v) is 4.65. The Morgan fingerprint density at radius 3 is 2.42 bits per heavy atom. The molecule has 1 N–H and O–H groups in total. The molecule has 0 unspecified atom stereocenters. The van der Waals surface area contributed by atoms with E-state index in [9.17, 15) is 14.9 Å². The van der Waals surface area contributed by atoms with Gasteiger partial charge in [0, 0.05) is 31.7 Å². The Morgan fingerprint density at radius 1 is 1.08 bits per heavy atom. The summed E-state index contributed by atoms with van der Waals surface area (Å²) in [7, 11) is 0. The first-order valence-corrected chi connectivity index (χ1v) is 8.38. The highest BCUT2D eigenvalue weighted by Gasteiger charge is 2.24. The molecule has 1 amide bonds. The third-order valence-electron chi connectivity index (χ3n) is 4.65. The van der Waals surface area contributed by atoms with Crippen molar-refractivity contribution in [2.75, 3.05) is 31.1 Å². The fourth-order valence-corrected chi connectivity index (χ4v) is 3.15. The van der Waals surface area contributed by atoms with Gasteiger partial charge >= 0.3 is 5.97 Å². The summed E-state index contributed by atoms with van der Waals surface area (Å²) in [4.78, 5) is 27.8. The van der Waals surface area contributed by atoms with Crippen LogP contribution in [-0.4, -0.2) is 48.1 Å². The van der Waals surface area contributed by atoms with Crippen molar-refractivity contribution in [1.29, 1.82) is 5.26 Å². The predicted octanol–water partition coefficient (Wildman–Crippen LogP) is 2.53. The first kappa shape index (κ1) is 17.5. The van der Waals surface area contributed by atoms with Crippen LogP contribution >= 0.6 is 0 Å². The SMILES string of the molecule is Cc1ccc(C(=O)O)cc1C(=O)N1CCN(c2ccccc2C#N)CC1. The highest BCUT2D eigenvalue weighted by molar-refractivity contribution is 5.98. The van der Waals surface area contributed by atoms with E-state index in [2.05, 4.69) is 11.0 Å². The molecule has 0 saturated carbocycles. The van der Waals surface area contributed by atoms with Crippen molar-refractivity contribution in [2.24, 2.45) is 0 Å². The van der Waals surface area contributed by atoms with Crippen LogP contribution in [0.15, 0.2) is 42.5 Å². The number of carboxylic acids is 1. The molecule has 0 aromatic heterocycles. The number of nitriles is 1. The normalized spacial score (nSPS) is 14.0. The average Bonchev–Trinajstić information content (AvgIpc) is 2.67. The molecule has 0 bridgehead atoms. The van der Waals surface area contributed by atoms with Crippen molar-refractivity contribution in [1.82, 2.24) is 4.90 Å². The Balaban J connectivity index is 1.74. The number of carbonyl (C=O) groups is 2. The number of para-hydroxylation sites is 1. The second kappa shape index (κ2) is 7.28. The van der Waals surface area contributed by atoms with E-state index < -0.39 is 5.97 Å². The van der Waals surface area contributed by atoms with Gasteiger partial charge in [0.05, 0.1) is 16.8 Å². The topological polar surface area (TPSA) is 84.6 Å². The van der Waals surface area contributed by atoms with Crippen LogP contribution in [0.5, 0.6) is 0 Å². The maximum absolute atomic E-state index is 12.8. The molecule has 132 valence electrons. The number of anilines is 1. The zero-order valence-electron chi connectivity index (χ0n) is 14.5. The summed E-state index contributed by atoms with van der Waals surface area (Å²) < 4.78 is 0. The van der Waals surface area contributed by atoms with Gasteiger partial charge in [-0.15, -0.1) is 0 Å². The number of carbonyl (C=O) groups excluding carboxylic acids is 1. The summed E-state index contributed by atoms with van der Waals surface area (Å²) in [5.74, 6) is -1.20. The van der Waals surface area contributed by atoms with Gasteiger partial charge in [0.2, 0.25) is 0 Å². The predicted molar refractivity (Wildman–Crippen MR) is 97.4 cm³/mol. The third kappa shape index (κ3) is 3.38. The number of aromatic carboxylic acids is 1. The Hall–Kier alpha value is -3.33. The van der Waals surface area contributed by atoms with Gasteiger partial charge in [0.1, 0.15) is 6.07 Å². The van der Waals surface area contributed by atoms with Crippen LogP contribution in [0.1, 0.15) is 31.8 Å². The maximum atomic E-state index is 12.8. The number of nitrogens with zero attached hydrogens (tertiary/aromatic N) is 3. The quantitative estimate of drug-likeness (QED) is 0.920. The number of benzene rings is 2. The molecule has 2 aromatic carbocycles. The molecule has 3 rings (SSSR count). The molecule has 26 heavy (non-hydrogen) atoms. The minimum absolute atomic E-state index is 0.112. The molecule has 0 aliphatic carbocycles. The van der Waals surface area contributed by atoms with E-state index in [1.54, 1.807) is 24.0 Å². The highest BCUT2D eigenvalue weighted by atomic mass is 16.4. The zero-order valence-corrected chi connectivity index (χ0v) is 14.5. The average molecular weight is 349 g/mol. The smallest absolute Gasteiger partial charge is 0.335 e. The molecule has 2 aromatic rings. The Labute approximate surface area is 151 Å². The lowest BCUT2D eigenvalue weighted by Crippen LogP contribution is -2.49. The van der Waals surface area contributed by atoms with Gasteiger partial charge in [0.15, 0.2) is 0 Å². The van der Waals surface area contributed by atoms with Crippen LogP contribution in [0.3, 0.4) is 0 Å². The fraction of sp³-hybridized carbons (Fsp3) is 0.250. The molecular weight excluding hydrogens is 330 g/mol. The van der Waals surface area contributed by atoms with Crippen LogP contribution in [-0.2, 0) is 0 Å². The molecule has 0 radical (unpaired) electrons. The number of hydrogen-bond acceptors (Lipinski definition) is 4. The Kier molecular flexibility index (Phi) is 4.90. The van der Waals surface area contributed by atoms with E-state index in [1.807, 2.05) is 18.2 Å². The summed E-state index contributed by atoms with van der Waals surface area (Å²) in [6, 6.07) is 14.2. The molecule has 1 saturated heterocycles. The maximum Gasteiger partial charge on any atom is 0.335 e. The van der Waals surface area contributed by atoms with E-state index in [0.717, 1.165) is 11.3 Å². The standard InChI is InChI=1S/C20H19N3O3/c1-14-6-7-15(20(25)26)12-17(14)19(24)23-10-8-22(9-11-23)18-5-3-2-4-16(18)13-21/h2-7,12H,8-11H2,1H3,(H,25,26). The number of carboxylic acid groups (broad SMARTS) is 1. The molecule has 1 fully saturated rings. The Morgan fingerprint density at radius 2 is 1.77 bits per heavy atom. The molecular formula is C20H19N3O3. The van der Waals surface area contributed by atoms with Crippen LogP contribution < -0.4 is 4.90 Å². The molecule has 1 aliphatic rings. The van der Waals surface area contributed by atoms with Crippen molar-refractivity contribution in [3.63, 3.8) is 0 Å². The fourth-order valence-electron chi connectivity index (χ4n) is 3.15. The summed E-state index contributed by atoms with van der Waals surface area (Å²) in [5, 5.41) is 18.4. The van der Waals surface area contributed by atoms with Gasteiger partial charge in [0.25, 0.3) is 5.91 Å². The van der Waals surface area contributed by atoms with Crippen molar-refractivity contribution in [3.8, 4) is 6.07 Å². The van der Waals surface area contributed by atoms with E-state index in [-0.39, 0.29) is 11.5 Å². The lowest BCUT2D eigenvalue weighted by Gasteiger charge is -2.36. The number of rotatable bonds is 3. The van der Waals surface area contributed by atoms with Crippen LogP contribution in [0.2, 0.25) is 0 Å². The molecule has 1 aliphatic heterocycles. The largest absolute Gasteiger partial charge is 0.478 e. The lowest BCUT2D eigenvalue weighted by atomic mass is 10.0. The minimum Gasteiger partial charge on any atom is -0.478 e. The molecule has 6 nitrogen and oxygen atoms in total. The number of amides is 1. The molecule has 0 atom stereocenters. The van der Waals surface area contributed by atoms with E-state index >= 15 is 0 Å². The van der Waals surface area contributed by atoms with Crippen molar-refractivity contribution in [2.45, 2.75) is 6.92 Å². The van der Waals surface area contributed by atoms with Gasteiger partial charge in [-0.1, -0.05) is 18.2 Å². The molecule has 0 spiro atoms. The number of hydrogen-bond donors (Lipinski definition) is 1. The summed E-state index contributed by atoms with van der Waals surface area (Å²) in [6.07, 6.45) is 0. The van der Waals surface area contributed by atoms with Crippen molar-refractivity contribution >= 4 is 17.6 Å². The first-order chi connectivity index (χ1) is 12.5.